The smallest absolute Gasteiger partial charge is 0.178 e. The van der Waals surface area contributed by atoms with E-state index in [1.165, 1.54) is 17.4 Å². The Hall–Kier alpha value is -3.30. The zero-order valence-electron chi connectivity index (χ0n) is 16.6. The van der Waals surface area contributed by atoms with Crippen LogP contribution >= 0.6 is 27.3 Å². The van der Waals surface area contributed by atoms with Gasteiger partial charge in [-0.1, -0.05) is 18.2 Å². The lowest BCUT2D eigenvalue weighted by Crippen LogP contribution is -2.00. The van der Waals surface area contributed by atoms with E-state index in [4.69, 9.17) is 9.47 Å². The molecule has 1 N–H and O–H groups in total. The maximum atomic E-state index is 14.0. The number of imidazole rings is 1. The van der Waals surface area contributed by atoms with Crippen LogP contribution in [0.4, 0.5) is 4.39 Å². The molecule has 3 aromatic heterocycles. The minimum Gasteiger partial charge on any atom is -0.489 e. The van der Waals surface area contributed by atoms with Gasteiger partial charge in [0.2, 0.25) is 0 Å². The number of thiazole rings is 1. The number of benzene rings is 2. The summed E-state index contributed by atoms with van der Waals surface area (Å²) in [7, 11) is 0. The van der Waals surface area contributed by atoms with Crippen LogP contribution in [0.25, 0.3) is 22.6 Å². The molecule has 0 aliphatic heterocycles. The number of hydrogen-bond donors (Lipinski definition) is 1. The molecule has 5 aromatic rings. The first kappa shape index (κ1) is 20.6. The van der Waals surface area contributed by atoms with Crippen molar-refractivity contribution in [1.82, 2.24) is 19.9 Å². The largest absolute Gasteiger partial charge is 0.489 e. The first-order valence-corrected chi connectivity index (χ1v) is 11.4. The van der Waals surface area contributed by atoms with Gasteiger partial charge in [0.05, 0.1) is 5.52 Å². The van der Waals surface area contributed by atoms with E-state index in [9.17, 15) is 4.39 Å². The van der Waals surface area contributed by atoms with Crippen molar-refractivity contribution in [3.63, 3.8) is 0 Å². The number of nitrogens with one attached hydrogen (secondary N) is 1. The molecule has 9 heteroatoms. The molecule has 0 radical (unpaired) electrons. The Morgan fingerprint density at radius 1 is 1.00 bits per heavy atom. The second-order valence-electron chi connectivity index (χ2n) is 6.90. The molecule has 0 aliphatic rings. The lowest BCUT2D eigenvalue weighted by Gasteiger charge is -2.12. The monoisotopic (exact) mass is 510 g/mol. The minimum absolute atomic E-state index is 0.0939. The van der Waals surface area contributed by atoms with E-state index in [2.05, 4.69) is 35.9 Å². The topological polar surface area (TPSA) is 72.9 Å². The fourth-order valence-electron chi connectivity index (χ4n) is 3.13. The van der Waals surface area contributed by atoms with E-state index in [1.807, 2.05) is 23.6 Å². The van der Waals surface area contributed by atoms with Crippen LogP contribution in [-0.2, 0) is 13.2 Å². The van der Waals surface area contributed by atoms with E-state index in [1.54, 1.807) is 36.7 Å². The van der Waals surface area contributed by atoms with Crippen molar-refractivity contribution >= 4 is 38.4 Å². The molecule has 0 saturated heterocycles. The molecule has 5 rings (SSSR count). The molecule has 2 aromatic carbocycles. The lowest BCUT2D eigenvalue weighted by atomic mass is 10.2. The van der Waals surface area contributed by atoms with Crippen molar-refractivity contribution < 1.29 is 13.9 Å². The normalized spacial score (nSPS) is 11.1. The number of aromatic amines is 1. The Morgan fingerprint density at radius 3 is 2.59 bits per heavy atom. The standard InChI is InChI=1S/C23H16BrFN4O2S/c24-16-9-20-23(27-11-16)29-22(28-20)15-7-17(30-12-14-3-1-2-4-19(14)25)10-18(8-15)31-13-21-26-5-6-32-21/h1-11H,12-13H2,(H,27,28,29). The average Bonchev–Trinajstić information content (AvgIpc) is 3.46. The van der Waals surface area contributed by atoms with Gasteiger partial charge >= 0.3 is 0 Å². The maximum absolute atomic E-state index is 14.0. The fraction of sp³-hybridized carbons (Fsp3) is 0.0870. The van der Waals surface area contributed by atoms with Crippen molar-refractivity contribution in [3.05, 3.63) is 87.2 Å². The highest BCUT2D eigenvalue weighted by Crippen LogP contribution is 2.31. The summed E-state index contributed by atoms with van der Waals surface area (Å²) in [6.07, 6.45) is 3.44. The first-order valence-electron chi connectivity index (χ1n) is 9.68. The molecule has 0 aliphatic carbocycles. The van der Waals surface area contributed by atoms with E-state index >= 15 is 0 Å². The highest BCUT2D eigenvalue weighted by atomic mass is 79.9. The number of H-pyrrole nitrogens is 1. The van der Waals surface area contributed by atoms with Crippen molar-refractivity contribution in [1.29, 1.82) is 0 Å². The van der Waals surface area contributed by atoms with Crippen LogP contribution in [-0.4, -0.2) is 19.9 Å². The highest BCUT2D eigenvalue weighted by molar-refractivity contribution is 9.10. The van der Waals surface area contributed by atoms with Crippen molar-refractivity contribution in [2.24, 2.45) is 0 Å². The first-order chi connectivity index (χ1) is 15.6. The third kappa shape index (κ3) is 4.63. The predicted octanol–water partition coefficient (Wildman–Crippen LogP) is 6.14. The molecule has 0 amide bonds. The van der Waals surface area contributed by atoms with E-state index in [-0.39, 0.29) is 12.4 Å². The summed E-state index contributed by atoms with van der Waals surface area (Å²) in [4.78, 5) is 16.4. The molecule has 0 fully saturated rings. The molecular weight excluding hydrogens is 495 g/mol. The molecule has 6 nitrogen and oxygen atoms in total. The average molecular weight is 511 g/mol. The number of halogens is 2. The number of nitrogens with zero attached hydrogens (tertiary/aromatic N) is 3. The molecule has 0 unspecified atom stereocenters. The zero-order chi connectivity index (χ0) is 21.9. The second kappa shape index (κ2) is 9.05. The van der Waals surface area contributed by atoms with Crippen molar-refractivity contribution in [2.75, 3.05) is 0 Å². The SMILES string of the molecule is Fc1ccccc1COc1cc(OCc2nccs2)cc(-c2nc3ncc(Br)cc3[nH]2)c1. The van der Waals surface area contributed by atoms with Gasteiger partial charge < -0.3 is 14.5 Å². The maximum Gasteiger partial charge on any atom is 0.178 e. The lowest BCUT2D eigenvalue weighted by molar-refractivity contribution is 0.287. The summed E-state index contributed by atoms with van der Waals surface area (Å²) >= 11 is 4.94. The summed E-state index contributed by atoms with van der Waals surface area (Å²) in [5.74, 6) is 1.45. The quantitative estimate of drug-likeness (QED) is 0.284. The van der Waals surface area contributed by atoms with Gasteiger partial charge in [-0.25, -0.2) is 19.3 Å². The van der Waals surface area contributed by atoms with Crippen LogP contribution in [0.15, 0.2) is 70.8 Å². The van der Waals surface area contributed by atoms with Gasteiger partial charge in [-0.05, 0) is 40.2 Å². The van der Waals surface area contributed by atoms with Gasteiger partial charge in [-0.3, -0.25) is 0 Å². The molecule has 32 heavy (non-hydrogen) atoms. The van der Waals surface area contributed by atoms with Crippen LogP contribution in [0.3, 0.4) is 0 Å². The molecule has 0 bridgehead atoms. The van der Waals surface area contributed by atoms with Crippen molar-refractivity contribution in [2.45, 2.75) is 13.2 Å². The molecule has 0 spiro atoms. The number of ether oxygens (including phenoxy) is 2. The van der Waals surface area contributed by atoms with E-state index < -0.39 is 0 Å². The number of pyridine rings is 1. The summed E-state index contributed by atoms with van der Waals surface area (Å²) in [5, 5.41) is 2.76. The Morgan fingerprint density at radius 2 is 1.81 bits per heavy atom. The number of rotatable bonds is 7. The fourth-order valence-corrected chi connectivity index (χ4v) is 3.99. The summed E-state index contributed by atoms with van der Waals surface area (Å²) < 4.78 is 26.7. The zero-order valence-corrected chi connectivity index (χ0v) is 19.0. The van der Waals surface area contributed by atoms with Gasteiger partial charge in [0.25, 0.3) is 0 Å². The molecule has 3 heterocycles. The number of fused-ring (bicyclic) bond motifs is 1. The Bertz CT molecular complexity index is 1370. The molecular formula is C23H16BrFN4O2S. The Kier molecular flexibility index (Phi) is 5.83. The summed E-state index contributed by atoms with van der Waals surface area (Å²) in [6.45, 7) is 0.430. The van der Waals surface area contributed by atoms with Crippen molar-refractivity contribution in [3.8, 4) is 22.9 Å². The van der Waals surface area contributed by atoms with Crippen LogP contribution in [0.2, 0.25) is 0 Å². The number of aromatic nitrogens is 4. The summed E-state index contributed by atoms with van der Waals surface area (Å²) in [6, 6.07) is 13.9. The Balaban J connectivity index is 1.47. The Labute approximate surface area is 195 Å². The van der Waals surface area contributed by atoms with Crippen LogP contribution < -0.4 is 9.47 Å². The van der Waals surface area contributed by atoms with Gasteiger partial charge in [-0.15, -0.1) is 11.3 Å². The van der Waals surface area contributed by atoms with Gasteiger partial charge in [0, 0.05) is 39.4 Å². The molecule has 0 atom stereocenters. The third-order valence-corrected chi connectivity index (χ3v) is 5.84. The predicted molar refractivity (Wildman–Crippen MR) is 124 cm³/mol. The molecule has 0 saturated carbocycles. The van der Waals surface area contributed by atoms with E-state index in [0.29, 0.717) is 35.1 Å². The van der Waals surface area contributed by atoms with E-state index in [0.717, 1.165) is 20.6 Å². The van der Waals surface area contributed by atoms with Crippen LogP contribution in [0.1, 0.15) is 10.6 Å². The van der Waals surface area contributed by atoms with Crippen LogP contribution in [0.5, 0.6) is 11.5 Å². The van der Waals surface area contributed by atoms with Gasteiger partial charge in [-0.2, -0.15) is 0 Å². The van der Waals surface area contributed by atoms with Gasteiger partial charge in [0.1, 0.15) is 41.4 Å². The molecule has 160 valence electrons. The highest BCUT2D eigenvalue weighted by Gasteiger charge is 2.12. The summed E-state index contributed by atoms with van der Waals surface area (Å²) in [5.41, 5.74) is 2.64. The minimum atomic E-state index is -0.308. The van der Waals surface area contributed by atoms with Gasteiger partial charge in [0.15, 0.2) is 5.65 Å². The number of hydrogen-bond acceptors (Lipinski definition) is 6. The third-order valence-electron chi connectivity index (χ3n) is 4.66. The second-order valence-corrected chi connectivity index (χ2v) is 8.79. The van der Waals surface area contributed by atoms with Crippen LogP contribution in [0, 0.1) is 5.82 Å².